The Morgan fingerprint density at radius 1 is 1.15 bits per heavy atom. The van der Waals surface area contributed by atoms with Gasteiger partial charge in [0.2, 0.25) is 0 Å². The summed E-state index contributed by atoms with van der Waals surface area (Å²) in [5.74, 6) is -0.0291. The van der Waals surface area contributed by atoms with Gasteiger partial charge < -0.3 is 9.16 Å². The average molecular weight is 418 g/mol. The van der Waals surface area contributed by atoms with Crippen molar-refractivity contribution in [3.05, 3.63) is 29.8 Å². The van der Waals surface area contributed by atoms with E-state index in [2.05, 4.69) is 38.1 Å². The highest BCUT2D eigenvalue weighted by atomic mass is 32.2. The molecule has 0 saturated heterocycles. The third-order valence-corrected chi connectivity index (χ3v) is 10.2. The summed E-state index contributed by atoms with van der Waals surface area (Å²) in [5.41, 5.74) is 2.72. The quantitative estimate of drug-likeness (QED) is 0.508. The zero-order valence-corrected chi connectivity index (χ0v) is 19.0. The van der Waals surface area contributed by atoms with E-state index in [0.29, 0.717) is 6.61 Å². The highest BCUT2D eigenvalue weighted by Crippen LogP contribution is 2.36. The molecule has 9 heteroatoms. The Morgan fingerprint density at radius 2 is 1.70 bits per heavy atom. The van der Waals surface area contributed by atoms with Gasteiger partial charge in [-0.3, -0.25) is 0 Å². The number of carbonyl (C=O) groups is 1. The molecule has 0 bridgehead atoms. The average Bonchev–Trinajstić information content (AvgIpc) is 2.56. The van der Waals surface area contributed by atoms with Crippen LogP contribution >= 0.6 is 0 Å². The van der Waals surface area contributed by atoms with E-state index in [9.17, 15) is 13.2 Å². The van der Waals surface area contributed by atoms with Gasteiger partial charge in [0.25, 0.3) is 0 Å². The van der Waals surface area contributed by atoms with Crippen molar-refractivity contribution >= 4 is 24.5 Å². The third kappa shape index (κ3) is 7.61. The molecule has 154 valence electrons. The first-order valence-corrected chi connectivity index (χ1v) is 13.1. The van der Waals surface area contributed by atoms with Crippen molar-refractivity contribution in [2.75, 3.05) is 13.2 Å². The van der Waals surface area contributed by atoms with Gasteiger partial charge in [0.05, 0.1) is 11.5 Å². The van der Waals surface area contributed by atoms with Gasteiger partial charge in [-0.1, -0.05) is 45.4 Å². The van der Waals surface area contributed by atoms with Crippen LogP contribution in [0.4, 0.5) is 4.79 Å². The Balaban J connectivity index is 2.41. The van der Waals surface area contributed by atoms with Crippen LogP contribution in [0.15, 0.2) is 29.2 Å². The number of amides is 1. The molecular formula is C18H31NO6SSi. The largest absolute Gasteiger partial charge is 0.448 e. The van der Waals surface area contributed by atoms with Gasteiger partial charge in [0.1, 0.15) is 0 Å². The Hall–Kier alpha value is -1.42. The zero-order chi connectivity index (χ0) is 20.9. The number of aryl methyl sites for hydroxylation is 1. The maximum absolute atomic E-state index is 12.0. The normalized spacial score (nSPS) is 13.9. The van der Waals surface area contributed by atoms with Crippen molar-refractivity contribution in [1.29, 1.82) is 0 Å². The Labute approximate surface area is 163 Å². The topological polar surface area (TPSA) is 90.9 Å². The summed E-state index contributed by atoms with van der Waals surface area (Å²) >= 11 is 0. The van der Waals surface area contributed by atoms with E-state index in [4.69, 9.17) is 9.16 Å². The van der Waals surface area contributed by atoms with Gasteiger partial charge in [-0.25, -0.2) is 4.79 Å². The molecule has 1 rings (SSSR count). The van der Waals surface area contributed by atoms with Gasteiger partial charge in [0, 0.05) is 12.5 Å². The summed E-state index contributed by atoms with van der Waals surface area (Å²) in [4.78, 5) is 11.6. The minimum atomic E-state index is -4.09. The fraction of sp³-hybridized carbons (Fsp3) is 0.611. The number of carbonyl (C=O) groups excluding carboxylic acids is 1. The fourth-order valence-corrected chi connectivity index (χ4v) is 3.58. The fourth-order valence-electron chi connectivity index (χ4n) is 1.70. The SMILES string of the molecule is Cc1ccc(S(=O)(=O)ONC(=O)OC[C@@H](C)CO[Si](C)(C)C(C)(C)C)cc1. The van der Waals surface area contributed by atoms with Crippen molar-refractivity contribution in [2.45, 2.75) is 57.6 Å². The molecule has 0 spiro atoms. The lowest BCUT2D eigenvalue weighted by atomic mass is 10.2. The van der Waals surface area contributed by atoms with Gasteiger partial charge in [-0.2, -0.15) is 13.9 Å². The Bertz CT molecular complexity index is 725. The van der Waals surface area contributed by atoms with Crippen LogP contribution in [0, 0.1) is 12.8 Å². The lowest BCUT2D eigenvalue weighted by Crippen LogP contribution is -2.42. The molecule has 0 fully saturated rings. The van der Waals surface area contributed by atoms with Gasteiger partial charge in [0.15, 0.2) is 8.32 Å². The number of nitrogens with one attached hydrogen (secondary N) is 1. The molecule has 1 aromatic carbocycles. The molecule has 0 saturated carbocycles. The summed E-state index contributed by atoms with van der Waals surface area (Å²) in [6, 6.07) is 6.08. The monoisotopic (exact) mass is 417 g/mol. The van der Waals surface area contributed by atoms with E-state index < -0.39 is 24.5 Å². The number of ether oxygens (including phenoxy) is 1. The highest BCUT2D eigenvalue weighted by molar-refractivity contribution is 7.86. The molecule has 0 radical (unpaired) electrons. The molecule has 1 N–H and O–H groups in total. The van der Waals surface area contributed by atoms with Crippen LogP contribution in [0.1, 0.15) is 33.3 Å². The molecule has 0 aliphatic rings. The second kappa shape index (κ2) is 9.18. The maximum atomic E-state index is 12.0. The Morgan fingerprint density at radius 3 is 2.22 bits per heavy atom. The van der Waals surface area contributed by atoms with Crippen LogP contribution in [-0.4, -0.2) is 36.0 Å². The molecule has 0 aromatic heterocycles. The summed E-state index contributed by atoms with van der Waals surface area (Å²) in [6.07, 6.45) is -0.968. The molecule has 1 amide bonds. The lowest BCUT2D eigenvalue weighted by Gasteiger charge is -2.36. The molecule has 0 aliphatic heterocycles. The molecule has 1 aromatic rings. The van der Waals surface area contributed by atoms with Crippen LogP contribution < -0.4 is 5.48 Å². The van der Waals surface area contributed by atoms with E-state index in [0.717, 1.165) is 5.56 Å². The molecule has 1 atom stereocenters. The van der Waals surface area contributed by atoms with Crippen molar-refractivity contribution in [2.24, 2.45) is 5.92 Å². The Kier molecular flexibility index (Phi) is 8.03. The molecule has 0 aliphatic carbocycles. The first kappa shape index (κ1) is 23.6. The van der Waals surface area contributed by atoms with E-state index in [-0.39, 0.29) is 22.5 Å². The molecule has 0 unspecified atom stereocenters. The van der Waals surface area contributed by atoms with Crippen LogP contribution in [0.5, 0.6) is 0 Å². The lowest BCUT2D eigenvalue weighted by molar-refractivity contribution is 0.0810. The molecule has 7 nitrogen and oxygen atoms in total. The van der Waals surface area contributed by atoms with E-state index in [1.54, 1.807) is 17.6 Å². The van der Waals surface area contributed by atoms with Gasteiger partial charge in [-0.15, -0.1) is 4.28 Å². The second-order valence-corrected chi connectivity index (χ2v) is 14.6. The van der Waals surface area contributed by atoms with Crippen LogP contribution in [-0.2, 0) is 23.6 Å². The standard InChI is InChI=1S/C18H31NO6SSi/c1-14-8-10-16(11-9-14)26(21,22)25-19-17(20)23-12-15(2)13-24-27(6,7)18(3,4)5/h8-11,15H,12-13H2,1-7H3,(H,19,20)/t15-/m1/s1. The summed E-state index contributed by atoms with van der Waals surface area (Å²) < 4.78 is 39.6. The number of hydroxylamine groups is 1. The minimum Gasteiger partial charge on any atom is -0.448 e. The van der Waals surface area contributed by atoms with Crippen molar-refractivity contribution < 1.29 is 26.7 Å². The maximum Gasteiger partial charge on any atom is 0.432 e. The van der Waals surface area contributed by atoms with Crippen LogP contribution in [0.3, 0.4) is 0 Å². The van der Waals surface area contributed by atoms with Crippen LogP contribution in [0.2, 0.25) is 18.1 Å². The smallest absolute Gasteiger partial charge is 0.432 e. The first-order valence-electron chi connectivity index (χ1n) is 8.81. The van der Waals surface area contributed by atoms with Crippen LogP contribution in [0.25, 0.3) is 0 Å². The molecular weight excluding hydrogens is 386 g/mol. The minimum absolute atomic E-state index is 0.0291. The van der Waals surface area contributed by atoms with Crippen molar-refractivity contribution in [3.63, 3.8) is 0 Å². The van der Waals surface area contributed by atoms with E-state index >= 15 is 0 Å². The first-order chi connectivity index (χ1) is 12.2. The number of hydrogen-bond acceptors (Lipinski definition) is 6. The predicted molar refractivity (Wildman–Crippen MR) is 106 cm³/mol. The molecule has 27 heavy (non-hydrogen) atoms. The van der Waals surface area contributed by atoms with Gasteiger partial charge >= 0.3 is 16.2 Å². The predicted octanol–water partition coefficient (Wildman–Crippen LogP) is 4.00. The number of hydrogen-bond donors (Lipinski definition) is 1. The van der Waals surface area contributed by atoms with E-state index in [1.807, 2.05) is 13.8 Å². The second-order valence-electron chi connectivity index (χ2n) is 8.23. The zero-order valence-electron chi connectivity index (χ0n) is 17.2. The van der Waals surface area contributed by atoms with Gasteiger partial charge in [-0.05, 0) is 37.2 Å². The summed E-state index contributed by atoms with van der Waals surface area (Å²) in [5, 5.41) is 0.100. The van der Waals surface area contributed by atoms with Crippen molar-refractivity contribution in [3.8, 4) is 0 Å². The number of rotatable bonds is 8. The van der Waals surface area contributed by atoms with Crippen molar-refractivity contribution in [1.82, 2.24) is 5.48 Å². The number of benzene rings is 1. The highest BCUT2D eigenvalue weighted by Gasteiger charge is 2.37. The summed E-state index contributed by atoms with van der Waals surface area (Å²) in [6.45, 7) is 15.0. The van der Waals surface area contributed by atoms with E-state index in [1.165, 1.54) is 12.1 Å². The molecule has 0 heterocycles. The third-order valence-electron chi connectivity index (χ3n) is 4.58. The summed E-state index contributed by atoms with van der Waals surface area (Å²) in [7, 11) is -5.95.